The third kappa shape index (κ3) is 13.0. The largest absolute Gasteiger partial charge is 0.368 e. The van der Waals surface area contributed by atoms with Gasteiger partial charge < -0.3 is 32.7 Å². The summed E-state index contributed by atoms with van der Waals surface area (Å²) in [5.74, 6) is -2.35. The molecule has 0 bridgehead atoms. The molecule has 0 aliphatic carbocycles. The molecule has 1 aromatic rings. The predicted octanol–water partition coefficient (Wildman–Crippen LogP) is 0.0675. The molecule has 0 aliphatic heterocycles. The Bertz CT molecular complexity index is 959. The Kier molecular flexibility index (Phi) is 15.2. The zero-order valence-electron chi connectivity index (χ0n) is 23.5. The van der Waals surface area contributed by atoms with Crippen molar-refractivity contribution in [3.63, 3.8) is 0 Å². The predicted molar refractivity (Wildman–Crippen MR) is 153 cm³/mol. The van der Waals surface area contributed by atoms with Crippen molar-refractivity contribution < 1.29 is 24.0 Å². The minimum Gasteiger partial charge on any atom is -0.368 e. The summed E-state index contributed by atoms with van der Waals surface area (Å²) < 4.78 is 0. The molecule has 4 unspecified atom stereocenters. The third-order valence-corrected chi connectivity index (χ3v) is 6.58. The van der Waals surface area contributed by atoms with Crippen molar-refractivity contribution in [1.82, 2.24) is 21.3 Å². The lowest BCUT2D eigenvalue weighted by molar-refractivity contribution is -0.133. The second kappa shape index (κ2) is 17.5. The minimum atomic E-state index is -0.915. The van der Waals surface area contributed by atoms with Gasteiger partial charge in [-0.1, -0.05) is 58.0 Å². The topological polar surface area (TPSA) is 186 Å². The summed E-state index contributed by atoms with van der Waals surface area (Å²) in [5.41, 5.74) is 12.4. The van der Waals surface area contributed by atoms with Crippen LogP contribution in [-0.2, 0) is 30.4 Å². The van der Waals surface area contributed by atoms with Crippen LogP contribution in [-0.4, -0.2) is 72.3 Å². The quantitative estimate of drug-likeness (QED) is 0.154. The average molecular weight is 565 g/mol. The standard InChI is InChI=1S/C27H44N6O5S/c1-16(2)13-21(26(37)32-20(24(29)35)11-12-39-5)31-22(34)15-30-27(38)23(17(3)4)33-25(36)19(28)14-18-9-7-6-8-10-18/h6-10,16-17,19-21,23H,11-15,28H2,1-5H3,(H2,29,35)(H,30,38)(H,31,34)(H,32,37)(H,33,36). The Morgan fingerprint density at radius 3 is 2.05 bits per heavy atom. The van der Waals surface area contributed by atoms with E-state index in [-0.39, 0.29) is 11.8 Å². The molecule has 5 amide bonds. The molecule has 0 spiro atoms. The molecule has 39 heavy (non-hydrogen) atoms. The molecule has 1 aromatic carbocycles. The van der Waals surface area contributed by atoms with E-state index < -0.39 is 60.2 Å². The molecule has 12 heteroatoms. The fourth-order valence-corrected chi connectivity index (χ4v) is 4.25. The van der Waals surface area contributed by atoms with E-state index in [0.717, 1.165) is 5.56 Å². The number of nitrogens with two attached hydrogens (primary N) is 2. The van der Waals surface area contributed by atoms with Crippen LogP contribution in [0.3, 0.4) is 0 Å². The van der Waals surface area contributed by atoms with Gasteiger partial charge in [0.15, 0.2) is 0 Å². The first-order valence-electron chi connectivity index (χ1n) is 13.1. The van der Waals surface area contributed by atoms with Crippen LogP contribution in [0, 0.1) is 11.8 Å². The number of carbonyl (C=O) groups excluding carboxylic acids is 5. The van der Waals surface area contributed by atoms with Crippen LogP contribution in [0.5, 0.6) is 0 Å². The summed E-state index contributed by atoms with van der Waals surface area (Å²) in [6.45, 7) is 6.92. The van der Waals surface area contributed by atoms with Gasteiger partial charge in [-0.15, -0.1) is 0 Å². The minimum absolute atomic E-state index is 0.0643. The summed E-state index contributed by atoms with van der Waals surface area (Å²) in [5, 5.41) is 10.5. The normalized spacial score (nSPS) is 14.2. The molecule has 8 N–H and O–H groups in total. The van der Waals surface area contributed by atoms with Crippen LogP contribution in [0.25, 0.3) is 0 Å². The van der Waals surface area contributed by atoms with Crippen LogP contribution < -0.4 is 32.7 Å². The number of hydrogen-bond donors (Lipinski definition) is 6. The lowest BCUT2D eigenvalue weighted by Crippen LogP contribution is -2.56. The van der Waals surface area contributed by atoms with Gasteiger partial charge in [-0.3, -0.25) is 24.0 Å². The highest BCUT2D eigenvalue weighted by atomic mass is 32.2. The maximum atomic E-state index is 12.9. The number of carbonyl (C=O) groups is 5. The van der Waals surface area contributed by atoms with E-state index in [4.69, 9.17) is 11.5 Å². The fraction of sp³-hybridized carbons (Fsp3) is 0.593. The van der Waals surface area contributed by atoms with Gasteiger partial charge in [-0.2, -0.15) is 11.8 Å². The zero-order chi connectivity index (χ0) is 29.5. The summed E-state index contributed by atoms with van der Waals surface area (Å²) >= 11 is 1.52. The van der Waals surface area contributed by atoms with Crippen molar-refractivity contribution in [3.05, 3.63) is 35.9 Å². The first-order valence-corrected chi connectivity index (χ1v) is 14.5. The van der Waals surface area contributed by atoms with Gasteiger partial charge in [0.25, 0.3) is 0 Å². The van der Waals surface area contributed by atoms with Crippen molar-refractivity contribution >= 4 is 41.3 Å². The molecule has 4 atom stereocenters. The fourth-order valence-electron chi connectivity index (χ4n) is 3.78. The molecule has 11 nitrogen and oxygen atoms in total. The van der Waals surface area contributed by atoms with Gasteiger partial charge in [0.05, 0.1) is 12.6 Å². The van der Waals surface area contributed by atoms with E-state index in [1.807, 2.05) is 50.4 Å². The molecular formula is C27H44N6O5S. The summed E-state index contributed by atoms with van der Waals surface area (Å²) in [6, 6.07) is 5.79. The second-order valence-electron chi connectivity index (χ2n) is 10.2. The van der Waals surface area contributed by atoms with Crippen molar-refractivity contribution in [3.8, 4) is 0 Å². The van der Waals surface area contributed by atoms with Gasteiger partial charge in [-0.25, -0.2) is 0 Å². The SMILES string of the molecule is CSCCC(NC(=O)C(CC(C)C)NC(=O)CNC(=O)C(NC(=O)C(N)Cc1ccccc1)C(C)C)C(N)=O. The molecule has 1 rings (SSSR count). The Labute approximate surface area is 235 Å². The Morgan fingerprint density at radius 1 is 0.872 bits per heavy atom. The molecule has 0 saturated carbocycles. The molecular weight excluding hydrogens is 520 g/mol. The molecule has 0 heterocycles. The van der Waals surface area contributed by atoms with Crippen LogP contribution in [0.1, 0.15) is 46.1 Å². The molecule has 218 valence electrons. The highest BCUT2D eigenvalue weighted by Crippen LogP contribution is 2.08. The molecule has 0 aliphatic rings. The maximum Gasteiger partial charge on any atom is 0.243 e. The van der Waals surface area contributed by atoms with E-state index in [2.05, 4.69) is 21.3 Å². The van der Waals surface area contributed by atoms with Gasteiger partial charge in [0, 0.05) is 0 Å². The lowest BCUT2D eigenvalue weighted by Gasteiger charge is -2.25. The number of hydrogen-bond acceptors (Lipinski definition) is 7. The van der Waals surface area contributed by atoms with Crippen molar-refractivity contribution in [2.24, 2.45) is 23.3 Å². The summed E-state index contributed by atoms with van der Waals surface area (Å²) in [7, 11) is 0. The zero-order valence-corrected chi connectivity index (χ0v) is 24.3. The van der Waals surface area contributed by atoms with Gasteiger partial charge in [0.1, 0.15) is 18.1 Å². The van der Waals surface area contributed by atoms with Crippen LogP contribution in [0.4, 0.5) is 0 Å². The lowest BCUT2D eigenvalue weighted by atomic mass is 10.0. The first kappa shape index (κ1) is 33.9. The molecule has 0 saturated heterocycles. The summed E-state index contributed by atoms with van der Waals surface area (Å²) in [4.78, 5) is 62.8. The third-order valence-electron chi connectivity index (χ3n) is 5.93. The Balaban J connectivity index is 2.73. The smallest absolute Gasteiger partial charge is 0.243 e. The monoisotopic (exact) mass is 564 g/mol. The average Bonchev–Trinajstić information content (AvgIpc) is 2.87. The number of amides is 5. The first-order chi connectivity index (χ1) is 18.3. The van der Waals surface area contributed by atoms with E-state index in [9.17, 15) is 24.0 Å². The highest BCUT2D eigenvalue weighted by molar-refractivity contribution is 7.98. The Morgan fingerprint density at radius 2 is 1.51 bits per heavy atom. The maximum absolute atomic E-state index is 12.9. The van der Waals surface area contributed by atoms with Crippen molar-refractivity contribution in [2.75, 3.05) is 18.6 Å². The number of thioether (sulfide) groups is 1. The van der Waals surface area contributed by atoms with Gasteiger partial charge in [0.2, 0.25) is 29.5 Å². The van der Waals surface area contributed by atoms with E-state index in [0.29, 0.717) is 25.0 Å². The van der Waals surface area contributed by atoms with Crippen LogP contribution in [0.2, 0.25) is 0 Å². The van der Waals surface area contributed by atoms with Crippen LogP contribution >= 0.6 is 11.8 Å². The van der Waals surface area contributed by atoms with E-state index in [1.165, 1.54) is 11.8 Å². The number of primary amides is 1. The van der Waals surface area contributed by atoms with E-state index >= 15 is 0 Å². The number of nitrogens with one attached hydrogen (secondary N) is 4. The van der Waals surface area contributed by atoms with E-state index in [1.54, 1.807) is 13.8 Å². The summed E-state index contributed by atoms with van der Waals surface area (Å²) in [6.07, 6.45) is 2.89. The van der Waals surface area contributed by atoms with Crippen LogP contribution in [0.15, 0.2) is 30.3 Å². The molecule has 0 aromatic heterocycles. The molecule has 0 radical (unpaired) electrons. The van der Waals surface area contributed by atoms with Crippen molar-refractivity contribution in [2.45, 2.75) is 71.1 Å². The number of rotatable bonds is 17. The highest BCUT2D eigenvalue weighted by Gasteiger charge is 2.29. The van der Waals surface area contributed by atoms with Crippen molar-refractivity contribution in [1.29, 1.82) is 0 Å². The van der Waals surface area contributed by atoms with Gasteiger partial charge in [-0.05, 0) is 48.7 Å². The van der Waals surface area contributed by atoms with Gasteiger partial charge >= 0.3 is 0 Å². The molecule has 0 fully saturated rings. The second-order valence-corrected chi connectivity index (χ2v) is 11.2. The number of benzene rings is 1. The Hall–Kier alpha value is -3.12.